The van der Waals surface area contributed by atoms with Gasteiger partial charge in [-0.1, -0.05) is 12.1 Å². The zero-order valence-electron chi connectivity index (χ0n) is 19.4. The van der Waals surface area contributed by atoms with Crippen molar-refractivity contribution >= 4 is 17.7 Å². The Morgan fingerprint density at radius 3 is 1.89 bits per heavy atom. The Morgan fingerprint density at radius 1 is 0.865 bits per heavy atom. The van der Waals surface area contributed by atoms with E-state index in [0.717, 1.165) is 31.7 Å². The maximum Gasteiger partial charge on any atom is 0.416 e. The predicted octanol–water partition coefficient (Wildman–Crippen LogP) is 4.46. The molecule has 37 heavy (non-hydrogen) atoms. The first-order chi connectivity index (χ1) is 17.3. The first kappa shape index (κ1) is 26.7. The van der Waals surface area contributed by atoms with Crippen molar-refractivity contribution in [2.24, 2.45) is 0 Å². The Morgan fingerprint density at radius 2 is 1.41 bits per heavy atom. The number of urea groups is 1. The van der Waals surface area contributed by atoms with E-state index in [2.05, 4.69) is 15.1 Å². The number of halogens is 6. The highest BCUT2D eigenvalue weighted by Gasteiger charge is 2.39. The largest absolute Gasteiger partial charge is 0.478 e. The van der Waals surface area contributed by atoms with Gasteiger partial charge in [-0.25, -0.2) is 9.59 Å². The lowest BCUT2D eigenvalue weighted by Gasteiger charge is -2.48. The van der Waals surface area contributed by atoms with Gasteiger partial charge < -0.3 is 15.3 Å². The average molecular weight is 530 g/mol. The number of carbonyl (C=O) groups is 2. The third-order valence-electron chi connectivity index (χ3n) is 6.52. The van der Waals surface area contributed by atoms with Crippen LogP contribution in [0.4, 0.5) is 36.8 Å². The number of amides is 2. The second-order valence-corrected chi connectivity index (χ2v) is 9.10. The second kappa shape index (κ2) is 10.2. The molecule has 0 atom stereocenters. The number of carbonyl (C=O) groups excluding carboxylic acids is 1. The summed E-state index contributed by atoms with van der Waals surface area (Å²) in [6, 6.07) is 6.96. The molecular formula is C24H24F6N4O3. The third-order valence-corrected chi connectivity index (χ3v) is 6.52. The van der Waals surface area contributed by atoms with Crippen molar-refractivity contribution in [3.63, 3.8) is 0 Å². The highest BCUT2D eigenvalue weighted by Crippen LogP contribution is 2.37. The fourth-order valence-corrected chi connectivity index (χ4v) is 4.38. The molecule has 4 rings (SSSR count). The van der Waals surface area contributed by atoms with Crippen LogP contribution in [-0.4, -0.2) is 77.1 Å². The number of rotatable bonds is 5. The molecule has 0 aromatic heterocycles. The number of benzene rings is 2. The minimum atomic E-state index is -4.99. The molecule has 7 nitrogen and oxygen atoms in total. The normalized spacial score (nSPS) is 17.9. The van der Waals surface area contributed by atoms with Gasteiger partial charge in [0.2, 0.25) is 0 Å². The van der Waals surface area contributed by atoms with Gasteiger partial charge >= 0.3 is 24.4 Å². The molecule has 2 aromatic rings. The van der Waals surface area contributed by atoms with Crippen molar-refractivity contribution in [3.05, 3.63) is 64.7 Å². The molecule has 0 saturated carbocycles. The van der Waals surface area contributed by atoms with Crippen molar-refractivity contribution in [1.29, 1.82) is 0 Å². The number of alkyl halides is 6. The van der Waals surface area contributed by atoms with Crippen LogP contribution in [0.3, 0.4) is 0 Å². The first-order valence-electron chi connectivity index (χ1n) is 11.4. The van der Waals surface area contributed by atoms with Gasteiger partial charge in [0.1, 0.15) is 0 Å². The summed E-state index contributed by atoms with van der Waals surface area (Å²) < 4.78 is 78.2. The third kappa shape index (κ3) is 6.52. The molecule has 2 amide bonds. The molecule has 2 aliphatic rings. The number of carboxylic acids is 1. The molecule has 13 heteroatoms. The minimum Gasteiger partial charge on any atom is -0.478 e. The van der Waals surface area contributed by atoms with Crippen LogP contribution in [-0.2, 0) is 18.9 Å². The number of likely N-dealkylation sites (tertiary alicyclic amines) is 1. The van der Waals surface area contributed by atoms with E-state index < -0.39 is 41.2 Å². The van der Waals surface area contributed by atoms with E-state index in [0.29, 0.717) is 31.8 Å². The van der Waals surface area contributed by atoms with Gasteiger partial charge in [-0.15, -0.1) is 0 Å². The molecule has 2 N–H and O–H groups in total. The molecule has 2 heterocycles. The fourth-order valence-electron chi connectivity index (χ4n) is 4.38. The minimum absolute atomic E-state index is 0.0139. The number of nitrogens with one attached hydrogen (secondary N) is 1. The summed E-state index contributed by atoms with van der Waals surface area (Å²) in [5.41, 5.74) is -2.33. The zero-order valence-corrected chi connectivity index (χ0v) is 19.4. The molecule has 2 saturated heterocycles. The van der Waals surface area contributed by atoms with E-state index in [9.17, 15) is 35.9 Å². The molecule has 0 bridgehead atoms. The molecular weight excluding hydrogens is 506 g/mol. The van der Waals surface area contributed by atoms with Crippen LogP contribution in [0, 0.1) is 0 Å². The number of anilines is 1. The quantitative estimate of drug-likeness (QED) is 0.559. The van der Waals surface area contributed by atoms with Gasteiger partial charge in [-0.05, 0) is 35.9 Å². The van der Waals surface area contributed by atoms with Crippen molar-refractivity contribution in [3.8, 4) is 0 Å². The van der Waals surface area contributed by atoms with Crippen molar-refractivity contribution in [2.45, 2.75) is 24.9 Å². The lowest BCUT2D eigenvalue weighted by atomic mass is 10.1. The van der Waals surface area contributed by atoms with Crippen LogP contribution in [0.25, 0.3) is 0 Å². The highest BCUT2D eigenvalue weighted by molar-refractivity contribution is 5.90. The van der Waals surface area contributed by atoms with Crippen molar-refractivity contribution < 1.29 is 41.0 Å². The molecule has 2 aliphatic heterocycles. The topological polar surface area (TPSA) is 76.1 Å². The molecule has 0 spiro atoms. The van der Waals surface area contributed by atoms with Gasteiger partial charge in [0.05, 0.1) is 16.7 Å². The van der Waals surface area contributed by atoms with Crippen LogP contribution in [0.5, 0.6) is 0 Å². The Hall–Kier alpha value is -3.32. The maximum atomic E-state index is 13.0. The summed E-state index contributed by atoms with van der Waals surface area (Å²) in [4.78, 5) is 29.2. The first-order valence-corrected chi connectivity index (χ1v) is 11.4. The standard InChI is InChI=1S/C24H24F6N4O3/c25-23(26,27)17-9-18(24(28,29)30)11-19(10-17)31-22(37)34-13-20(14-34)33-7-5-32(6-8-33)12-15-1-3-16(4-2-15)21(35)36/h1-4,9-11,20H,5-8,12-14H2,(H,31,37)(H,35,36). The molecule has 200 valence electrons. The zero-order chi connectivity index (χ0) is 27.0. The number of piperazine rings is 1. The molecule has 0 unspecified atom stereocenters. The lowest BCUT2D eigenvalue weighted by Crippen LogP contribution is -2.64. The van der Waals surface area contributed by atoms with Gasteiger partial charge in [-0.2, -0.15) is 26.3 Å². The van der Waals surface area contributed by atoms with Gasteiger partial charge in [0, 0.05) is 57.5 Å². The van der Waals surface area contributed by atoms with Gasteiger partial charge in [0.25, 0.3) is 0 Å². The Kier molecular flexibility index (Phi) is 7.38. The summed E-state index contributed by atoms with van der Waals surface area (Å²) in [5, 5.41) is 11.1. The van der Waals surface area contributed by atoms with Gasteiger partial charge in [-0.3, -0.25) is 9.80 Å². The van der Waals surface area contributed by atoms with E-state index in [4.69, 9.17) is 5.11 Å². The molecule has 0 aliphatic carbocycles. The number of hydrogen-bond acceptors (Lipinski definition) is 4. The van der Waals surface area contributed by atoms with E-state index in [1.807, 2.05) is 0 Å². The van der Waals surface area contributed by atoms with Crippen LogP contribution >= 0.6 is 0 Å². The Balaban J connectivity index is 1.27. The molecule has 2 fully saturated rings. The molecule has 0 radical (unpaired) electrons. The SMILES string of the molecule is O=C(O)c1ccc(CN2CCN(C3CN(C(=O)Nc4cc(C(F)(F)F)cc(C(F)(F)F)c4)C3)CC2)cc1. The average Bonchev–Trinajstić information content (AvgIpc) is 2.78. The number of nitrogens with zero attached hydrogens (tertiary/aromatic N) is 3. The Bertz CT molecular complexity index is 1110. The van der Waals surface area contributed by atoms with E-state index in [-0.39, 0.29) is 17.7 Å². The number of hydrogen-bond donors (Lipinski definition) is 2. The van der Waals surface area contributed by atoms with Crippen LogP contribution in [0.1, 0.15) is 27.0 Å². The second-order valence-electron chi connectivity index (χ2n) is 9.10. The van der Waals surface area contributed by atoms with Crippen LogP contribution in [0.15, 0.2) is 42.5 Å². The highest BCUT2D eigenvalue weighted by atomic mass is 19.4. The van der Waals surface area contributed by atoms with E-state index >= 15 is 0 Å². The lowest BCUT2D eigenvalue weighted by molar-refractivity contribution is -0.143. The Labute approximate surface area is 208 Å². The summed E-state index contributed by atoms with van der Waals surface area (Å²) in [6.45, 7) is 4.28. The summed E-state index contributed by atoms with van der Waals surface area (Å²) in [5.74, 6) is -0.982. The maximum absolute atomic E-state index is 13.0. The number of aromatic carboxylic acids is 1. The summed E-state index contributed by atoms with van der Waals surface area (Å²) in [7, 11) is 0. The number of carboxylic acid groups (broad SMARTS) is 1. The summed E-state index contributed by atoms with van der Waals surface area (Å²) in [6.07, 6.45) is -9.99. The molecule has 2 aromatic carbocycles. The van der Waals surface area contributed by atoms with Crippen molar-refractivity contribution in [1.82, 2.24) is 14.7 Å². The van der Waals surface area contributed by atoms with Crippen molar-refractivity contribution in [2.75, 3.05) is 44.6 Å². The predicted molar refractivity (Wildman–Crippen MR) is 121 cm³/mol. The monoisotopic (exact) mass is 530 g/mol. The smallest absolute Gasteiger partial charge is 0.416 e. The van der Waals surface area contributed by atoms with E-state index in [1.165, 1.54) is 4.90 Å². The van der Waals surface area contributed by atoms with Gasteiger partial charge in [0.15, 0.2) is 0 Å². The van der Waals surface area contributed by atoms with Crippen LogP contribution < -0.4 is 5.32 Å². The fraction of sp³-hybridized carbons (Fsp3) is 0.417. The van der Waals surface area contributed by atoms with Crippen LogP contribution in [0.2, 0.25) is 0 Å². The van der Waals surface area contributed by atoms with E-state index in [1.54, 1.807) is 24.3 Å². The summed E-state index contributed by atoms with van der Waals surface area (Å²) >= 11 is 0.